The number of piperidine rings is 1. The third-order valence-electron chi connectivity index (χ3n) is 3.75. The monoisotopic (exact) mass is 278 g/mol. The van der Waals surface area contributed by atoms with Gasteiger partial charge in [-0.05, 0) is 18.9 Å². The summed E-state index contributed by atoms with van der Waals surface area (Å²) in [4.78, 5) is 48.1. The average Bonchev–Trinajstić information content (AvgIpc) is 2.64. The van der Waals surface area contributed by atoms with Crippen LogP contribution in [0.2, 0.25) is 0 Å². The van der Waals surface area contributed by atoms with E-state index in [2.05, 4.69) is 5.32 Å². The maximum atomic E-state index is 13.7. The first kappa shape index (κ1) is 12.7. The second kappa shape index (κ2) is 4.36. The summed E-state index contributed by atoms with van der Waals surface area (Å²) in [7, 11) is 0. The molecular weight excluding hydrogens is 267 g/mol. The smallest absolute Gasteiger partial charge is 0.260 e. The van der Waals surface area contributed by atoms with Crippen LogP contribution in [0.4, 0.5) is 4.39 Å². The summed E-state index contributed by atoms with van der Waals surface area (Å²) >= 11 is 0. The molecule has 2 aliphatic heterocycles. The number of amides is 4. The molecule has 20 heavy (non-hydrogen) atoms. The van der Waals surface area contributed by atoms with Gasteiger partial charge in [0.25, 0.3) is 5.91 Å². The fourth-order valence-electron chi connectivity index (χ4n) is 2.78. The lowest BCUT2D eigenvalue weighted by Crippen LogP contribution is -2.54. The molecule has 3 rings (SSSR count). The Morgan fingerprint density at radius 3 is 2.65 bits per heavy atom. The van der Waals surface area contributed by atoms with Gasteiger partial charge in [0.2, 0.25) is 17.7 Å². The molecule has 0 saturated carbocycles. The Balaban J connectivity index is 1.94. The van der Waals surface area contributed by atoms with Crippen LogP contribution in [0.15, 0.2) is 23.6 Å². The second-order valence-electron chi connectivity index (χ2n) is 4.93. The van der Waals surface area contributed by atoms with Gasteiger partial charge < -0.3 is 0 Å². The number of hydrogen-bond acceptors (Lipinski definition) is 4. The molecule has 6 nitrogen and oxygen atoms in total. The van der Waals surface area contributed by atoms with E-state index in [0.29, 0.717) is 0 Å². The minimum atomic E-state index is -1.03. The molecule has 3 aliphatic rings. The SMILES string of the molecule is O=C1CCC(N2C(=O)C3=C(F)C=CCC3C2=O)C(=O)N1. The number of nitrogens with one attached hydrogen (secondary N) is 1. The molecule has 0 aromatic heterocycles. The molecule has 0 aromatic rings. The molecule has 1 N–H and O–H groups in total. The molecule has 2 saturated heterocycles. The first-order valence-electron chi connectivity index (χ1n) is 6.28. The van der Waals surface area contributed by atoms with Crippen LogP contribution in [-0.4, -0.2) is 34.6 Å². The number of halogens is 1. The first-order chi connectivity index (χ1) is 9.50. The topological polar surface area (TPSA) is 83.6 Å². The van der Waals surface area contributed by atoms with Gasteiger partial charge in [-0.1, -0.05) is 6.08 Å². The Morgan fingerprint density at radius 2 is 2.00 bits per heavy atom. The van der Waals surface area contributed by atoms with Crippen LogP contribution in [0.5, 0.6) is 0 Å². The van der Waals surface area contributed by atoms with E-state index < -0.39 is 41.4 Å². The maximum Gasteiger partial charge on any atom is 0.260 e. The van der Waals surface area contributed by atoms with E-state index in [1.54, 1.807) is 0 Å². The molecular formula is C13H11FN2O4. The van der Waals surface area contributed by atoms with Crippen molar-refractivity contribution >= 4 is 23.6 Å². The summed E-state index contributed by atoms with van der Waals surface area (Å²) in [6.07, 6.45) is 3.03. The molecule has 0 spiro atoms. The van der Waals surface area contributed by atoms with E-state index in [1.165, 1.54) is 6.08 Å². The van der Waals surface area contributed by atoms with Crippen LogP contribution in [0.1, 0.15) is 19.3 Å². The summed E-state index contributed by atoms with van der Waals surface area (Å²) in [5.74, 6) is -4.03. The van der Waals surface area contributed by atoms with Crippen molar-refractivity contribution in [3.8, 4) is 0 Å². The van der Waals surface area contributed by atoms with Crippen LogP contribution in [0.25, 0.3) is 0 Å². The van der Waals surface area contributed by atoms with Gasteiger partial charge in [0.05, 0.1) is 11.5 Å². The van der Waals surface area contributed by atoms with Crippen molar-refractivity contribution in [2.45, 2.75) is 25.3 Å². The van der Waals surface area contributed by atoms with Gasteiger partial charge in [0.15, 0.2) is 0 Å². The normalized spacial score (nSPS) is 29.9. The van der Waals surface area contributed by atoms with Gasteiger partial charge in [0.1, 0.15) is 11.9 Å². The highest BCUT2D eigenvalue weighted by Gasteiger charge is 2.50. The van der Waals surface area contributed by atoms with Crippen molar-refractivity contribution in [3.63, 3.8) is 0 Å². The quantitative estimate of drug-likeness (QED) is 0.682. The summed E-state index contributed by atoms with van der Waals surface area (Å²) in [5.41, 5.74) is -0.179. The fourth-order valence-corrected chi connectivity index (χ4v) is 2.78. The average molecular weight is 278 g/mol. The Bertz CT molecular complexity index is 607. The zero-order valence-electron chi connectivity index (χ0n) is 10.4. The highest BCUT2D eigenvalue weighted by molar-refractivity contribution is 6.18. The number of carbonyl (C=O) groups is 4. The van der Waals surface area contributed by atoms with E-state index in [-0.39, 0.29) is 24.8 Å². The molecule has 0 bridgehead atoms. The highest BCUT2D eigenvalue weighted by Crippen LogP contribution is 2.37. The minimum Gasteiger partial charge on any atom is -0.295 e. The van der Waals surface area contributed by atoms with Gasteiger partial charge in [0, 0.05) is 6.42 Å². The number of carbonyl (C=O) groups excluding carboxylic acids is 4. The predicted octanol–water partition coefficient (Wildman–Crippen LogP) is -0.0399. The zero-order chi connectivity index (χ0) is 14.4. The largest absolute Gasteiger partial charge is 0.295 e. The van der Waals surface area contributed by atoms with Gasteiger partial charge in [-0.15, -0.1) is 0 Å². The standard InChI is InChI=1S/C13H11FN2O4/c14-7-3-1-2-6-10(7)13(20)16(12(6)19)8-4-5-9(17)15-11(8)18/h1,3,6,8H,2,4-5H2,(H,15,17,18). The molecule has 2 atom stereocenters. The van der Waals surface area contributed by atoms with Crippen LogP contribution >= 0.6 is 0 Å². The summed E-state index contributed by atoms with van der Waals surface area (Å²) in [5, 5.41) is 2.09. The molecule has 7 heteroatoms. The fraction of sp³-hybridized carbons (Fsp3) is 0.385. The lowest BCUT2D eigenvalue weighted by atomic mass is 9.93. The number of nitrogens with zero attached hydrogens (tertiary/aromatic N) is 1. The molecule has 0 aromatic carbocycles. The van der Waals surface area contributed by atoms with Crippen molar-refractivity contribution in [1.82, 2.24) is 10.2 Å². The number of likely N-dealkylation sites (tertiary alicyclic amines) is 1. The summed E-state index contributed by atoms with van der Waals surface area (Å²) in [6.45, 7) is 0. The molecule has 2 heterocycles. The van der Waals surface area contributed by atoms with E-state index in [1.807, 2.05) is 0 Å². The first-order valence-corrected chi connectivity index (χ1v) is 6.28. The summed E-state index contributed by atoms with van der Waals surface area (Å²) < 4.78 is 13.7. The Labute approximate surface area is 113 Å². The molecule has 2 fully saturated rings. The van der Waals surface area contributed by atoms with E-state index in [4.69, 9.17) is 0 Å². The Hall–Kier alpha value is -2.31. The minimum absolute atomic E-state index is 0.0535. The number of rotatable bonds is 1. The van der Waals surface area contributed by atoms with Gasteiger partial charge in [-0.2, -0.15) is 0 Å². The molecule has 2 unspecified atom stereocenters. The van der Waals surface area contributed by atoms with Crippen molar-refractivity contribution in [2.75, 3.05) is 0 Å². The second-order valence-corrected chi connectivity index (χ2v) is 4.93. The lowest BCUT2D eigenvalue weighted by molar-refractivity contribution is -0.150. The van der Waals surface area contributed by atoms with Crippen LogP contribution < -0.4 is 5.32 Å². The van der Waals surface area contributed by atoms with Crippen molar-refractivity contribution < 1.29 is 23.6 Å². The summed E-state index contributed by atoms with van der Waals surface area (Å²) in [6, 6.07) is -1.03. The van der Waals surface area contributed by atoms with Gasteiger partial charge >= 0.3 is 0 Å². The van der Waals surface area contributed by atoms with Crippen LogP contribution in [0.3, 0.4) is 0 Å². The Morgan fingerprint density at radius 1 is 1.25 bits per heavy atom. The third-order valence-corrected chi connectivity index (χ3v) is 3.75. The van der Waals surface area contributed by atoms with Crippen molar-refractivity contribution in [2.24, 2.45) is 5.92 Å². The number of fused-ring (bicyclic) bond motifs is 1. The predicted molar refractivity (Wildman–Crippen MR) is 63.4 cm³/mol. The number of allylic oxidation sites excluding steroid dienone is 3. The van der Waals surface area contributed by atoms with Crippen LogP contribution in [0, 0.1) is 5.92 Å². The lowest BCUT2D eigenvalue weighted by Gasteiger charge is -2.27. The van der Waals surface area contributed by atoms with Crippen molar-refractivity contribution in [3.05, 3.63) is 23.6 Å². The molecule has 0 radical (unpaired) electrons. The van der Waals surface area contributed by atoms with Crippen LogP contribution in [-0.2, 0) is 19.2 Å². The number of hydrogen-bond donors (Lipinski definition) is 1. The van der Waals surface area contributed by atoms with Gasteiger partial charge in [-0.3, -0.25) is 29.4 Å². The van der Waals surface area contributed by atoms with E-state index in [9.17, 15) is 23.6 Å². The van der Waals surface area contributed by atoms with E-state index >= 15 is 0 Å². The van der Waals surface area contributed by atoms with Gasteiger partial charge in [-0.25, -0.2) is 4.39 Å². The zero-order valence-corrected chi connectivity index (χ0v) is 10.4. The third kappa shape index (κ3) is 1.70. The van der Waals surface area contributed by atoms with Crippen molar-refractivity contribution in [1.29, 1.82) is 0 Å². The Kier molecular flexibility index (Phi) is 2.77. The molecule has 104 valence electrons. The highest BCUT2D eigenvalue weighted by atomic mass is 19.1. The van der Waals surface area contributed by atoms with E-state index in [0.717, 1.165) is 11.0 Å². The maximum absolute atomic E-state index is 13.7. The molecule has 1 aliphatic carbocycles. The number of imide groups is 2. The molecule has 4 amide bonds.